The van der Waals surface area contributed by atoms with E-state index < -0.39 is 0 Å². The Morgan fingerprint density at radius 3 is 2.43 bits per heavy atom. The van der Waals surface area contributed by atoms with Gasteiger partial charge in [-0.15, -0.1) is 6.58 Å². The average molecular weight is 420 g/mol. The fourth-order valence-electron chi connectivity index (χ4n) is 3.12. The van der Waals surface area contributed by atoms with Crippen molar-refractivity contribution in [1.29, 1.82) is 0 Å². The Morgan fingerprint density at radius 1 is 1.13 bits per heavy atom. The Bertz CT molecular complexity index is 1270. The minimum atomic E-state index is -0.318. The van der Waals surface area contributed by atoms with Gasteiger partial charge in [-0.3, -0.25) is 19.0 Å². The number of H-pyrrole nitrogens is 1. The molecule has 30 heavy (non-hydrogen) atoms. The lowest BCUT2D eigenvalue weighted by atomic mass is 10.1. The molecule has 1 aliphatic rings. The first-order chi connectivity index (χ1) is 14.5. The molecule has 0 atom stereocenters. The molecule has 1 fully saturated rings. The normalized spacial score (nSPS) is 13.1. The fraction of sp³-hybridized carbons (Fsp3) is 0.182. The maximum Gasteiger partial charge on any atom is 0.262 e. The zero-order valence-corrected chi connectivity index (χ0v) is 16.9. The number of carbonyl (C=O) groups is 2. The summed E-state index contributed by atoms with van der Waals surface area (Å²) in [6.07, 6.45) is 3.48. The summed E-state index contributed by atoms with van der Waals surface area (Å²) in [5.41, 5.74) is 1.94. The Labute approximate surface area is 177 Å². The number of nitrogens with one attached hydrogen (secondary N) is 3. The summed E-state index contributed by atoms with van der Waals surface area (Å²) in [6.45, 7) is 3.94. The number of aromatic amines is 1. The average Bonchev–Trinajstić information content (AvgIpc) is 3.57. The number of nitrogens with zero attached hydrogens (tertiary/aromatic N) is 1. The van der Waals surface area contributed by atoms with Crippen molar-refractivity contribution < 1.29 is 9.59 Å². The smallest absolute Gasteiger partial charge is 0.262 e. The number of hydrogen-bond acceptors (Lipinski definition) is 4. The zero-order chi connectivity index (χ0) is 21.3. The molecule has 0 unspecified atom stereocenters. The van der Waals surface area contributed by atoms with Crippen LogP contribution in [0.5, 0.6) is 0 Å². The highest BCUT2D eigenvalue weighted by atomic mass is 32.1. The maximum absolute atomic E-state index is 12.6. The van der Waals surface area contributed by atoms with E-state index in [1.165, 1.54) is 4.57 Å². The van der Waals surface area contributed by atoms with Gasteiger partial charge in [0.25, 0.3) is 11.5 Å². The summed E-state index contributed by atoms with van der Waals surface area (Å²) in [5.74, 6) is -0.153. The van der Waals surface area contributed by atoms with Crippen LogP contribution in [-0.4, -0.2) is 21.4 Å². The summed E-state index contributed by atoms with van der Waals surface area (Å²) in [7, 11) is 0. The summed E-state index contributed by atoms with van der Waals surface area (Å²) in [5, 5.41) is 6.11. The van der Waals surface area contributed by atoms with Gasteiger partial charge in [-0.05, 0) is 67.5 Å². The van der Waals surface area contributed by atoms with E-state index in [2.05, 4.69) is 22.2 Å². The van der Waals surface area contributed by atoms with E-state index in [9.17, 15) is 14.4 Å². The molecule has 8 heteroatoms. The van der Waals surface area contributed by atoms with Crippen molar-refractivity contribution in [3.05, 3.63) is 75.8 Å². The van der Waals surface area contributed by atoms with Crippen LogP contribution in [0.4, 0.5) is 11.4 Å². The van der Waals surface area contributed by atoms with Gasteiger partial charge in [0.2, 0.25) is 5.91 Å². The van der Waals surface area contributed by atoms with E-state index in [0.717, 1.165) is 12.8 Å². The Hall–Kier alpha value is -3.52. The minimum absolute atomic E-state index is 0.0347. The van der Waals surface area contributed by atoms with Crippen molar-refractivity contribution >= 4 is 46.3 Å². The Morgan fingerprint density at radius 2 is 1.80 bits per heavy atom. The van der Waals surface area contributed by atoms with Crippen LogP contribution in [0.3, 0.4) is 0 Å². The van der Waals surface area contributed by atoms with Gasteiger partial charge in [0.15, 0.2) is 4.77 Å². The summed E-state index contributed by atoms with van der Waals surface area (Å²) >= 11 is 5.24. The Kier molecular flexibility index (Phi) is 5.33. The molecule has 3 N–H and O–H groups in total. The number of allylic oxidation sites excluding steroid dienone is 1. The molecule has 1 aromatic heterocycles. The quantitative estimate of drug-likeness (QED) is 0.417. The van der Waals surface area contributed by atoms with E-state index in [-0.39, 0.29) is 28.1 Å². The second-order valence-corrected chi connectivity index (χ2v) is 7.58. The topological polar surface area (TPSA) is 96.0 Å². The van der Waals surface area contributed by atoms with Gasteiger partial charge in [0.05, 0.1) is 10.9 Å². The van der Waals surface area contributed by atoms with Crippen LogP contribution >= 0.6 is 12.2 Å². The van der Waals surface area contributed by atoms with Gasteiger partial charge in [-0.25, -0.2) is 0 Å². The van der Waals surface area contributed by atoms with Crippen LogP contribution in [0.15, 0.2) is 59.9 Å². The van der Waals surface area contributed by atoms with E-state index in [1.807, 2.05) is 0 Å². The molecule has 0 aliphatic heterocycles. The summed E-state index contributed by atoms with van der Waals surface area (Å²) < 4.78 is 1.68. The van der Waals surface area contributed by atoms with Crippen LogP contribution in [0, 0.1) is 10.7 Å². The lowest BCUT2D eigenvalue weighted by Gasteiger charge is -2.09. The van der Waals surface area contributed by atoms with Gasteiger partial charge in [-0.1, -0.05) is 6.08 Å². The van der Waals surface area contributed by atoms with Gasteiger partial charge in [0, 0.05) is 29.4 Å². The molecule has 2 amide bonds. The summed E-state index contributed by atoms with van der Waals surface area (Å²) in [6, 6.07) is 11.7. The highest BCUT2D eigenvalue weighted by Gasteiger charge is 2.29. The molecular formula is C22H20N4O3S. The van der Waals surface area contributed by atoms with Crippen LogP contribution in [0.2, 0.25) is 0 Å². The third kappa shape index (κ3) is 4.08. The van der Waals surface area contributed by atoms with Crippen molar-refractivity contribution in [3.8, 4) is 0 Å². The van der Waals surface area contributed by atoms with E-state index in [0.29, 0.717) is 34.4 Å². The van der Waals surface area contributed by atoms with E-state index >= 15 is 0 Å². The molecule has 0 saturated heterocycles. The molecule has 4 rings (SSSR count). The third-order valence-corrected chi connectivity index (χ3v) is 5.24. The van der Waals surface area contributed by atoms with Crippen LogP contribution in [0.1, 0.15) is 23.2 Å². The number of amides is 2. The van der Waals surface area contributed by atoms with Gasteiger partial charge in [0.1, 0.15) is 0 Å². The third-order valence-electron chi connectivity index (χ3n) is 4.91. The second-order valence-electron chi connectivity index (χ2n) is 7.19. The molecular weight excluding hydrogens is 400 g/mol. The Balaban J connectivity index is 1.52. The molecule has 1 aliphatic carbocycles. The first-order valence-electron chi connectivity index (χ1n) is 9.56. The highest BCUT2D eigenvalue weighted by molar-refractivity contribution is 7.71. The highest BCUT2D eigenvalue weighted by Crippen LogP contribution is 2.30. The standard InChI is InChI=1S/C22H20N4O3S/c1-2-11-26-21(29)17-10-5-14(12-18(17)25-22(26)30)20(28)24-16-8-6-15(7-9-16)23-19(27)13-3-4-13/h2,5-10,12-13H,1,3-4,11H2,(H,23,27)(H,24,28)(H,25,30). The van der Waals surface area contributed by atoms with Crippen LogP contribution in [0.25, 0.3) is 10.9 Å². The molecule has 2 aromatic carbocycles. The minimum Gasteiger partial charge on any atom is -0.332 e. The molecule has 7 nitrogen and oxygen atoms in total. The van der Waals surface area contributed by atoms with Gasteiger partial charge < -0.3 is 15.6 Å². The molecule has 0 spiro atoms. The second kappa shape index (κ2) is 8.08. The van der Waals surface area contributed by atoms with Crippen LogP contribution < -0.4 is 16.2 Å². The van der Waals surface area contributed by atoms with E-state index in [4.69, 9.17) is 12.2 Å². The number of fused-ring (bicyclic) bond motifs is 1. The van der Waals surface area contributed by atoms with Gasteiger partial charge >= 0.3 is 0 Å². The van der Waals surface area contributed by atoms with Crippen molar-refractivity contribution in [3.63, 3.8) is 0 Å². The summed E-state index contributed by atoms with van der Waals surface area (Å²) in [4.78, 5) is 40.0. The van der Waals surface area contributed by atoms with E-state index in [1.54, 1.807) is 48.5 Å². The lowest BCUT2D eigenvalue weighted by Crippen LogP contribution is -2.22. The van der Waals surface area contributed by atoms with Crippen molar-refractivity contribution in [1.82, 2.24) is 9.55 Å². The first kappa shape index (κ1) is 19.8. The number of anilines is 2. The molecule has 0 radical (unpaired) electrons. The van der Waals surface area contributed by atoms with Gasteiger partial charge in [-0.2, -0.15) is 0 Å². The predicted molar refractivity (Wildman–Crippen MR) is 119 cm³/mol. The molecule has 1 saturated carbocycles. The largest absolute Gasteiger partial charge is 0.332 e. The van der Waals surface area contributed by atoms with Crippen molar-refractivity contribution in [2.24, 2.45) is 5.92 Å². The number of aromatic nitrogens is 2. The number of hydrogen-bond donors (Lipinski definition) is 3. The maximum atomic E-state index is 12.6. The molecule has 0 bridgehead atoms. The predicted octanol–water partition coefficient (Wildman–Crippen LogP) is 3.85. The zero-order valence-electron chi connectivity index (χ0n) is 16.1. The number of rotatable bonds is 6. The molecule has 152 valence electrons. The SMILES string of the molecule is C=CCn1c(=S)[nH]c2cc(C(=O)Nc3ccc(NC(=O)C4CC4)cc3)ccc2c1=O. The fourth-order valence-corrected chi connectivity index (χ4v) is 3.39. The van der Waals surface area contributed by atoms with Crippen LogP contribution in [-0.2, 0) is 11.3 Å². The monoisotopic (exact) mass is 420 g/mol. The number of benzene rings is 2. The molecule has 1 heterocycles. The number of carbonyl (C=O) groups excluding carboxylic acids is 2. The van der Waals surface area contributed by atoms with Crippen molar-refractivity contribution in [2.75, 3.05) is 10.6 Å². The molecule has 3 aromatic rings. The van der Waals surface area contributed by atoms with Crippen molar-refractivity contribution in [2.45, 2.75) is 19.4 Å². The lowest BCUT2D eigenvalue weighted by molar-refractivity contribution is -0.117. The first-order valence-corrected chi connectivity index (χ1v) is 9.97.